The van der Waals surface area contributed by atoms with Crippen LogP contribution in [0.4, 0.5) is 14.9 Å². The molecule has 2 amide bonds. The topological polar surface area (TPSA) is 119 Å². The van der Waals surface area contributed by atoms with Crippen LogP contribution in [-0.4, -0.2) is 114 Å². The fraction of sp³-hybridized carbons (Fsp3) is 0.536. The fourth-order valence-corrected chi connectivity index (χ4v) is 5.73. The second-order valence-electron chi connectivity index (χ2n) is 10.8. The summed E-state index contributed by atoms with van der Waals surface area (Å²) in [5, 5.41) is 9.77. The van der Waals surface area contributed by atoms with Crippen molar-refractivity contribution in [2.24, 2.45) is 0 Å². The van der Waals surface area contributed by atoms with Gasteiger partial charge in [0, 0.05) is 56.3 Å². The summed E-state index contributed by atoms with van der Waals surface area (Å²) in [5.74, 6) is -0.260. The van der Waals surface area contributed by atoms with Crippen LogP contribution in [0.25, 0.3) is 0 Å². The van der Waals surface area contributed by atoms with Gasteiger partial charge in [0.25, 0.3) is 5.56 Å². The van der Waals surface area contributed by atoms with Crippen molar-refractivity contribution >= 4 is 17.7 Å². The number of benzene rings is 1. The minimum absolute atomic E-state index is 0.104. The Kier molecular flexibility index (Phi) is 8.38. The van der Waals surface area contributed by atoms with Crippen molar-refractivity contribution < 1.29 is 28.6 Å². The molecule has 3 aliphatic heterocycles. The van der Waals surface area contributed by atoms with E-state index in [4.69, 9.17) is 9.47 Å². The van der Waals surface area contributed by atoms with Crippen LogP contribution in [0.1, 0.15) is 25.0 Å². The van der Waals surface area contributed by atoms with Gasteiger partial charge in [0.05, 0.1) is 26.3 Å². The lowest BCUT2D eigenvalue weighted by molar-refractivity contribution is -0.122. The third-order valence-corrected chi connectivity index (χ3v) is 8.01. The number of nitrogens with zero attached hydrogens (tertiary/aromatic N) is 4. The summed E-state index contributed by atoms with van der Waals surface area (Å²) >= 11 is 0. The Morgan fingerprint density at radius 1 is 1.07 bits per heavy atom. The van der Waals surface area contributed by atoms with Gasteiger partial charge < -0.3 is 24.4 Å². The highest BCUT2D eigenvalue weighted by Crippen LogP contribution is 2.30. The van der Waals surface area contributed by atoms with Gasteiger partial charge in [-0.05, 0) is 37.6 Å². The number of pyridine rings is 1. The first kappa shape index (κ1) is 28.1. The number of hydrogen-bond donors (Lipinski definition) is 2. The lowest BCUT2D eigenvalue weighted by Gasteiger charge is -2.47. The van der Waals surface area contributed by atoms with E-state index in [-0.39, 0.29) is 60.9 Å². The third kappa shape index (κ3) is 6.13. The minimum atomic E-state index is -0.960. The monoisotopic (exact) mass is 557 g/mol. The Balaban J connectivity index is 1.36. The highest BCUT2D eigenvalue weighted by Gasteiger charge is 2.38. The molecule has 1 aromatic carbocycles. The van der Waals surface area contributed by atoms with Crippen LogP contribution >= 0.6 is 0 Å². The molecule has 2 fully saturated rings. The number of morpholine rings is 1. The molecule has 0 saturated carbocycles. The number of aromatic amines is 1. The minimum Gasteiger partial charge on any atom is -0.476 e. The fourth-order valence-electron chi connectivity index (χ4n) is 5.73. The second-order valence-corrected chi connectivity index (χ2v) is 10.8. The molecule has 12 heteroatoms. The molecular formula is C28H36FN5O6. The highest BCUT2D eigenvalue weighted by molar-refractivity contribution is 5.96. The lowest BCUT2D eigenvalue weighted by Crippen LogP contribution is -2.64. The van der Waals surface area contributed by atoms with E-state index in [1.807, 2.05) is 6.92 Å². The maximum absolute atomic E-state index is 13.8. The average Bonchev–Trinajstić information content (AvgIpc) is 2.92. The van der Waals surface area contributed by atoms with Crippen LogP contribution in [0.5, 0.6) is 5.88 Å². The van der Waals surface area contributed by atoms with Crippen molar-refractivity contribution in [2.45, 2.75) is 38.4 Å². The Bertz CT molecular complexity index is 1290. The molecule has 0 spiro atoms. The number of hydrogen-bond acceptors (Lipinski definition) is 7. The van der Waals surface area contributed by atoms with Crippen LogP contribution in [0.3, 0.4) is 0 Å². The van der Waals surface area contributed by atoms with Gasteiger partial charge in [-0.15, -0.1) is 0 Å². The van der Waals surface area contributed by atoms with Gasteiger partial charge in [0.1, 0.15) is 18.1 Å². The molecule has 216 valence electrons. The molecular weight excluding hydrogens is 521 g/mol. The number of piperazine rings is 1. The normalized spacial score (nSPS) is 23.9. The predicted octanol–water partition coefficient (Wildman–Crippen LogP) is 1.60. The molecule has 3 atom stereocenters. The molecule has 0 radical (unpaired) electrons. The van der Waals surface area contributed by atoms with Gasteiger partial charge in [0.2, 0.25) is 11.8 Å². The van der Waals surface area contributed by atoms with Crippen LogP contribution in [-0.2, 0) is 16.0 Å². The number of carbonyl (C=O) groups is 2. The van der Waals surface area contributed by atoms with E-state index < -0.39 is 6.09 Å². The van der Waals surface area contributed by atoms with Gasteiger partial charge in [0.15, 0.2) is 0 Å². The first-order valence-corrected chi connectivity index (χ1v) is 13.7. The predicted molar refractivity (Wildman–Crippen MR) is 146 cm³/mol. The van der Waals surface area contributed by atoms with Crippen molar-refractivity contribution in [1.29, 1.82) is 0 Å². The number of ether oxygens (including phenoxy) is 2. The lowest BCUT2D eigenvalue weighted by atomic mass is 10.0. The molecule has 1 unspecified atom stereocenters. The van der Waals surface area contributed by atoms with E-state index in [0.717, 1.165) is 12.1 Å². The summed E-state index contributed by atoms with van der Waals surface area (Å²) in [6.45, 7) is 7.97. The van der Waals surface area contributed by atoms with E-state index in [2.05, 4.69) is 21.7 Å². The van der Waals surface area contributed by atoms with E-state index >= 15 is 0 Å². The Hall–Kier alpha value is -3.48. The van der Waals surface area contributed by atoms with Crippen LogP contribution in [0.15, 0.2) is 35.1 Å². The third-order valence-electron chi connectivity index (χ3n) is 8.01. The van der Waals surface area contributed by atoms with Gasteiger partial charge in [-0.1, -0.05) is 12.1 Å². The standard InChI is InChI=1S/C28H36FN5O6/c1-18-13-32(23(15-34(18)28(37)38)14-31-7-9-39-17-19(31)2)16-25(35)33-8-10-40-27-24(33)12-21(26(36)30-27)11-20-3-5-22(29)6-4-20/h3-6,12,18-19,23H,7-11,13-17H2,1-2H3,(H,30,36)(H,37,38)/t18-,19?,23+/m1/s1. The molecule has 5 rings (SSSR count). The Labute approximate surface area is 232 Å². The van der Waals surface area contributed by atoms with Crippen molar-refractivity contribution in [1.82, 2.24) is 19.7 Å². The van der Waals surface area contributed by atoms with Crippen LogP contribution < -0.4 is 15.2 Å². The number of carboxylic acid groups (broad SMARTS) is 1. The summed E-state index contributed by atoms with van der Waals surface area (Å²) in [6, 6.07) is 7.39. The van der Waals surface area contributed by atoms with Gasteiger partial charge >= 0.3 is 6.09 Å². The summed E-state index contributed by atoms with van der Waals surface area (Å²) in [7, 11) is 0. The molecule has 2 aromatic rings. The summed E-state index contributed by atoms with van der Waals surface area (Å²) in [4.78, 5) is 48.7. The van der Waals surface area contributed by atoms with E-state index in [1.165, 1.54) is 17.0 Å². The Morgan fingerprint density at radius 2 is 1.85 bits per heavy atom. The van der Waals surface area contributed by atoms with Crippen LogP contribution in [0, 0.1) is 5.82 Å². The molecule has 0 aliphatic carbocycles. The number of aromatic nitrogens is 1. The molecule has 4 heterocycles. The van der Waals surface area contributed by atoms with Gasteiger partial charge in [-0.3, -0.25) is 24.4 Å². The number of carbonyl (C=O) groups excluding carboxylic acids is 1. The largest absolute Gasteiger partial charge is 0.476 e. The second kappa shape index (κ2) is 11.9. The molecule has 11 nitrogen and oxygen atoms in total. The number of H-pyrrole nitrogens is 1. The van der Waals surface area contributed by atoms with Gasteiger partial charge in [-0.2, -0.15) is 0 Å². The molecule has 2 saturated heterocycles. The van der Waals surface area contributed by atoms with E-state index in [0.29, 0.717) is 50.6 Å². The van der Waals surface area contributed by atoms with Crippen molar-refractivity contribution in [3.8, 4) is 5.88 Å². The smallest absolute Gasteiger partial charge is 0.407 e. The number of amides is 2. The first-order chi connectivity index (χ1) is 19.2. The zero-order valence-corrected chi connectivity index (χ0v) is 22.8. The molecule has 40 heavy (non-hydrogen) atoms. The summed E-state index contributed by atoms with van der Waals surface area (Å²) in [6.07, 6.45) is -0.683. The molecule has 0 bridgehead atoms. The van der Waals surface area contributed by atoms with Gasteiger partial charge in [-0.25, -0.2) is 9.18 Å². The SMILES string of the molecule is CC1COCCN1C[C@H]1CN(C(=O)O)[C@H](C)CN1CC(=O)N1CCOc2[nH]c(=O)c(Cc3ccc(F)cc3)cc21. The zero-order valence-electron chi connectivity index (χ0n) is 22.8. The number of halogens is 1. The first-order valence-electron chi connectivity index (χ1n) is 13.7. The van der Waals surface area contributed by atoms with Crippen molar-refractivity contribution in [3.63, 3.8) is 0 Å². The number of anilines is 1. The van der Waals surface area contributed by atoms with E-state index in [1.54, 1.807) is 23.1 Å². The highest BCUT2D eigenvalue weighted by atomic mass is 19.1. The van der Waals surface area contributed by atoms with E-state index in [9.17, 15) is 23.9 Å². The van der Waals surface area contributed by atoms with Crippen LogP contribution in [0.2, 0.25) is 0 Å². The zero-order chi connectivity index (χ0) is 28.4. The summed E-state index contributed by atoms with van der Waals surface area (Å²) in [5.41, 5.74) is 1.38. The molecule has 3 aliphatic rings. The maximum atomic E-state index is 13.8. The average molecular weight is 558 g/mol. The van der Waals surface area contributed by atoms with Crippen molar-refractivity contribution in [3.05, 3.63) is 57.6 Å². The number of fused-ring (bicyclic) bond motifs is 1. The summed E-state index contributed by atoms with van der Waals surface area (Å²) < 4.78 is 24.6. The van der Waals surface area contributed by atoms with Crippen molar-refractivity contribution in [2.75, 3.05) is 64.0 Å². The number of nitrogens with one attached hydrogen (secondary N) is 1. The molecule has 2 N–H and O–H groups in total. The quantitative estimate of drug-likeness (QED) is 0.550. The Morgan fingerprint density at radius 3 is 2.58 bits per heavy atom. The maximum Gasteiger partial charge on any atom is 0.407 e. The number of rotatable bonds is 6. The molecule has 1 aromatic heterocycles.